The van der Waals surface area contributed by atoms with Gasteiger partial charge in [-0.15, -0.1) is 0 Å². The highest BCUT2D eigenvalue weighted by molar-refractivity contribution is 6.30. The third-order valence-electron chi connectivity index (χ3n) is 2.10. The van der Waals surface area contributed by atoms with Gasteiger partial charge in [0.1, 0.15) is 5.82 Å². The highest BCUT2D eigenvalue weighted by Crippen LogP contribution is 2.18. The number of benzene rings is 1. The molecule has 0 aliphatic rings. The van der Waals surface area contributed by atoms with Gasteiger partial charge in [-0.2, -0.15) is 5.10 Å². The molecule has 5 heteroatoms. The second kappa shape index (κ2) is 3.82. The van der Waals surface area contributed by atoms with E-state index in [1.807, 2.05) is 6.07 Å². The Morgan fingerprint density at radius 2 is 2.07 bits per heavy atom. The van der Waals surface area contributed by atoms with Crippen LogP contribution in [0, 0.1) is 0 Å². The molecular weight excluding hydrogens is 212 g/mol. The highest BCUT2D eigenvalue weighted by Gasteiger charge is 2.02. The van der Waals surface area contributed by atoms with Gasteiger partial charge in [0.05, 0.1) is 6.54 Å². The van der Waals surface area contributed by atoms with E-state index in [2.05, 4.69) is 5.10 Å². The number of aromatic nitrogens is 2. The molecule has 2 aromatic rings. The van der Waals surface area contributed by atoms with Gasteiger partial charge in [-0.3, -0.25) is 4.68 Å². The molecule has 0 saturated carbocycles. The normalized spacial score (nSPS) is 10.5. The van der Waals surface area contributed by atoms with E-state index in [4.69, 9.17) is 23.1 Å². The molecule has 0 aliphatic carbocycles. The van der Waals surface area contributed by atoms with Crippen LogP contribution < -0.4 is 11.5 Å². The Morgan fingerprint density at radius 3 is 2.73 bits per heavy atom. The summed E-state index contributed by atoms with van der Waals surface area (Å²) >= 11 is 5.88. The summed E-state index contributed by atoms with van der Waals surface area (Å²) in [6, 6.07) is 7.11. The Hall–Kier alpha value is -1.68. The summed E-state index contributed by atoms with van der Waals surface area (Å²) in [4.78, 5) is 0. The summed E-state index contributed by atoms with van der Waals surface area (Å²) in [5, 5.41) is 4.74. The fourth-order valence-corrected chi connectivity index (χ4v) is 1.55. The van der Waals surface area contributed by atoms with Crippen molar-refractivity contribution >= 4 is 23.1 Å². The molecule has 0 atom stereocenters. The summed E-state index contributed by atoms with van der Waals surface area (Å²) in [6.07, 6.45) is 1.80. The average molecular weight is 223 g/mol. The van der Waals surface area contributed by atoms with E-state index < -0.39 is 0 Å². The predicted molar refractivity (Wildman–Crippen MR) is 61.6 cm³/mol. The van der Waals surface area contributed by atoms with Crippen LogP contribution in [0.1, 0.15) is 5.56 Å². The Balaban J connectivity index is 2.27. The van der Waals surface area contributed by atoms with E-state index >= 15 is 0 Å². The van der Waals surface area contributed by atoms with Crippen LogP contribution >= 0.6 is 11.6 Å². The summed E-state index contributed by atoms with van der Waals surface area (Å²) in [7, 11) is 0. The molecule has 0 unspecified atom stereocenters. The van der Waals surface area contributed by atoms with Gasteiger partial charge in [0.15, 0.2) is 0 Å². The van der Waals surface area contributed by atoms with Crippen molar-refractivity contribution in [1.29, 1.82) is 0 Å². The number of anilines is 2. The molecule has 1 aromatic carbocycles. The molecule has 0 bridgehead atoms. The third kappa shape index (κ3) is 2.22. The van der Waals surface area contributed by atoms with Gasteiger partial charge in [-0.1, -0.05) is 11.6 Å². The molecular formula is C10H11ClN4. The van der Waals surface area contributed by atoms with Crippen molar-refractivity contribution in [3.05, 3.63) is 41.0 Å². The first kappa shape index (κ1) is 9.86. The van der Waals surface area contributed by atoms with Crippen LogP contribution in [0.3, 0.4) is 0 Å². The molecule has 0 amide bonds. The zero-order valence-electron chi connectivity index (χ0n) is 8.02. The van der Waals surface area contributed by atoms with Crippen molar-refractivity contribution in [2.45, 2.75) is 6.54 Å². The van der Waals surface area contributed by atoms with Gasteiger partial charge in [0.2, 0.25) is 0 Å². The number of nitrogen functional groups attached to an aromatic ring is 2. The first-order valence-corrected chi connectivity index (χ1v) is 4.86. The largest absolute Gasteiger partial charge is 0.398 e. The smallest absolute Gasteiger partial charge is 0.145 e. The zero-order valence-corrected chi connectivity index (χ0v) is 8.78. The van der Waals surface area contributed by atoms with Crippen molar-refractivity contribution in [2.75, 3.05) is 11.5 Å². The van der Waals surface area contributed by atoms with Gasteiger partial charge in [0.25, 0.3) is 0 Å². The average Bonchev–Trinajstić information content (AvgIpc) is 2.58. The van der Waals surface area contributed by atoms with Crippen molar-refractivity contribution in [1.82, 2.24) is 9.78 Å². The van der Waals surface area contributed by atoms with Crippen molar-refractivity contribution in [3.8, 4) is 0 Å². The lowest BCUT2D eigenvalue weighted by molar-refractivity contribution is 0.691. The van der Waals surface area contributed by atoms with Crippen LogP contribution in [0.4, 0.5) is 11.5 Å². The number of halogens is 1. The molecule has 0 radical (unpaired) electrons. The van der Waals surface area contributed by atoms with Crippen LogP contribution in [0.2, 0.25) is 5.02 Å². The van der Waals surface area contributed by atoms with E-state index in [9.17, 15) is 0 Å². The summed E-state index contributed by atoms with van der Waals surface area (Å²) in [5.74, 6) is 0.496. The molecule has 0 aliphatic heterocycles. The standard InChI is InChI=1S/C10H11ClN4/c11-8-1-2-9(12)7(5-8)6-15-4-3-10(13)14-15/h1-5H,6,12H2,(H2,13,14). The zero-order chi connectivity index (χ0) is 10.8. The number of hydrogen-bond donors (Lipinski definition) is 2. The van der Waals surface area contributed by atoms with Crippen LogP contribution in [0.5, 0.6) is 0 Å². The Bertz CT molecular complexity index is 478. The van der Waals surface area contributed by atoms with Crippen LogP contribution in [0.25, 0.3) is 0 Å². The Kier molecular flexibility index (Phi) is 2.51. The lowest BCUT2D eigenvalue weighted by atomic mass is 10.2. The van der Waals surface area contributed by atoms with Crippen LogP contribution in [-0.4, -0.2) is 9.78 Å². The van der Waals surface area contributed by atoms with E-state index in [1.54, 1.807) is 29.1 Å². The topological polar surface area (TPSA) is 69.9 Å². The van der Waals surface area contributed by atoms with Gasteiger partial charge in [0, 0.05) is 16.9 Å². The molecule has 78 valence electrons. The highest BCUT2D eigenvalue weighted by atomic mass is 35.5. The van der Waals surface area contributed by atoms with Crippen molar-refractivity contribution < 1.29 is 0 Å². The maximum atomic E-state index is 5.88. The summed E-state index contributed by atoms with van der Waals surface area (Å²) in [5.41, 5.74) is 13.0. The SMILES string of the molecule is Nc1ccn(Cc2cc(Cl)ccc2N)n1. The maximum absolute atomic E-state index is 5.88. The quantitative estimate of drug-likeness (QED) is 0.761. The van der Waals surface area contributed by atoms with Gasteiger partial charge in [-0.25, -0.2) is 0 Å². The summed E-state index contributed by atoms with van der Waals surface area (Å²) < 4.78 is 1.72. The second-order valence-corrected chi connectivity index (χ2v) is 3.72. The lowest BCUT2D eigenvalue weighted by Gasteiger charge is -2.06. The molecule has 4 nitrogen and oxygen atoms in total. The number of nitrogens with zero attached hydrogens (tertiary/aromatic N) is 2. The van der Waals surface area contributed by atoms with E-state index in [-0.39, 0.29) is 0 Å². The summed E-state index contributed by atoms with van der Waals surface area (Å²) in [6.45, 7) is 0.573. The molecule has 0 saturated heterocycles. The monoisotopic (exact) mass is 222 g/mol. The molecule has 2 rings (SSSR count). The number of nitrogens with two attached hydrogens (primary N) is 2. The van der Waals surface area contributed by atoms with Crippen LogP contribution in [-0.2, 0) is 6.54 Å². The molecule has 0 spiro atoms. The number of rotatable bonds is 2. The number of hydrogen-bond acceptors (Lipinski definition) is 3. The molecule has 1 heterocycles. The van der Waals surface area contributed by atoms with E-state index in [0.717, 1.165) is 5.56 Å². The molecule has 15 heavy (non-hydrogen) atoms. The minimum absolute atomic E-state index is 0.496. The van der Waals surface area contributed by atoms with Crippen molar-refractivity contribution in [2.24, 2.45) is 0 Å². The molecule has 0 fully saturated rings. The van der Waals surface area contributed by atoms with Crippen LogP contribution in [0.15, 0.2) is 30.5 Å². The first-order chi connectivity index (χ1) is 7.15. The van der Waals surface area contributed by atoms with Gasteiger partial charge < -0.3 is 11.5 Å². The van der Waals surface area contributed by atoms with Crippen molar-refractivity contribution in [3.63, 3.8) is 0 Å². The van der Waals surface area contributed by atoms with E-state index in [0.29, 0.717) is 23.1 Å². The minimum Gasteiger partial charge on any atom is -0.398 e. The Labute approximate surface area is 92.4 Å². The molecule has 1 aromatic heterocycles. The van der Waals surface area contributed by atoms with Gasteiger partial charge >= 0.3 is 0 Å². The Morgan fingerprint density at radius 1 is 1.27 bits per heavy atom. The fourth-order valence-electron chi connectivity index (χ4n) is 1.35. The van der Waals surface area contributed by atoms with Gasteiger partial charge in [-0.05, 0) is 29.8 Å². The predicted octanol–water partition coefficient (Wildman–Crippen LogP) is 1.75. The first-order valence-electron chi connectivity index (χ1n) is 4.48. The minimum atomic E-state index is 0.496. The maximum Gasteiger partial charge on any atom is 0.145 e. The fraction of sp³-hybridized carbons (Fsp3) is 0.100. The third-order valence-corrected chi connectivity index (χ3v) is 2.33. The molecule has 4 N–H and O–H groups in total. The van der Waals surface area contributed by atoms with E-state index in [1.165, 1.54) is 0 Å². The second-order valence-electron chi connectivity index (χ2n) is 3.28. The lowest BCUT2D eigenvalue weighted by Crippen LogP contribution is -2.04.